The summed E-state index contributed by atoms with van der Waals surface area (Å²) < 4.78 is 5.79. The number of nitrogens with one attached hydrogen (secondary N) is 1. The van der Waals surface area contributed by atoms with Crippen LogP contribution in [0.3, 0.4) is 0 Å². The molecule has 1 spiro atoms. The molecule has 1 aromatic rings. The normalized spacial score (nSPS) is 21.2. The van der Waals surface area contributed by atoms with Crippen LogP contribution in [0.2, 0.25) is 0 Å². The Hall–Kier alpha value is -1.25. The van der Waals surface area contributed by atoms with Gasteiger partial charge in [-0.2, -0.15) is 0 Å². The Morgan fingerprint density at radius 2 is 2.20 bits per heavy atom. The molecule has 0 atom stereocenters. The standard InChI is InChI=1S/C12H16N2O/c1-8-5-13-11-10(9(8)2)14-6-12(3-4-12)7-15-11/h5,14H,3-4,6-7H2,1-2H3. The fourth-order valence-electron chi connectivity index (χ4n) is 2.04. The van der Waals surface area contributed by atoms with E-state index in [2.05, 4.69) is 24.1 Å². The molecule has 3 heteroatoms. The number of hydrogen-bond acceptors (Lipinski definition) is 3. The lowest BCUT2D eigenvalue weighted by molar-refractivity contribution is 0.243. The molecule has 0 unspecified atom stereocenters. The van der Waals surface area contributed by atoms with Gasteiger partial charge < -0.3 is 10.1 Å². The van der Waals surface area contributed by atoms with E-state index in [0.717, 1.165) is 24.7 Å². The predicted octanol–water partition coefficient (Wildman–Crippen LogP) is 2.28. The number of nitrogens with zero attached hydrogens (tertiary/aromatic N) is 1. The molecule has 0 saturated heterocycles. The van der Waals surface area contributed by atoms with Crippen LogP contribution >= 0.6 is 0 Å². The molecule has 15 heavy (non-hydrogen) atoms. The fraction of sp³-hybridized carbons (Fsp3) is 0.583. The zero-order valence-corrected chi connectivity index (χ0v) is 9.26. The van der Waals surface area contributed by atoms with E-state index in [9.17, 15) is 0 Å². The van der Waals surface area contributed by atoms with Crippen LogP contribution in [0.5, 0.6) is 5.88 Å². The third-order valence-corrected chi connectivity index (χ3v) is 3.67. The Bertz CT molecular complexity index is 410. The molecule has 2 heterocycles. The Morgan fingerprint density at radius 1 is 1.40 bits per heavy atom. The SMILES string of the molecule is Cc1cnc2c(c1C)NCC1(CC1)CO2. The third-order valence-electron chi connectivity index (χ3n) is 3.67. The van der Waals surface area contributed by atoms with E-state index < -0.39 is 0 Å². The average molecular weight is 204 g/mol. The zero-order chi connectivity index (χ0) is 10.5. The third kappa shape index (κ3) is 1.37. The first-order chi connectivity index (χ1) is 7.20. The van der Waals surface area contributed by atoms with Gasteiger partial charge in [-0.15, -0.1) is 0 Å². The van der Waals surface area contributed by atoms with Crippen molar-refractivity contribution in [3.63, 3.8) is 0 Å². The molecule has 1 saturated carbocycles. The summed E-state index contributed by atoms with van der Waals surface area (Å²) in [5.74, 6) is 0.780. The first-order valence-corrected chi connectivity index (χ1v) is 5.53. The van der Waals surface area contributed by atoms with Gasteiger partial charge in [0.1, 0.15) is 5.69 Å². The van der Waals surface area contributed by atoms with E-state index in [4.69, 9.17) is 4.74 Å². The molecule has 3 rings (SSSR count). The van der Waals surface area contributed by atoms with Crippen LogP contribution in [-0.2, 0) is 0 Å². The van der Waals surface area contributed by atoms with Gasteiger partial charge in [-0.05, 0) is 37.8 Å². The van der Waals surface area contributed by atoms with Gasteiger partial charge in [0.15, 0.2) is 0 Å². The van der Waals surface area contributed by atoms with Crippen molar-refractivity contribution >= 4 is 5.69 Å². The van der Waals surface area contributed by atoms with Crippen molar-refractivity contribution in [2.45, 2.75) is 26.7 Å². The maximum absolute atomic E-state index is 5.79. The van der Waals surface area contributed by atoms with Crippen LogP contribution in [-0.4, -0.2) is 18.1 Å². The van der Waals surface area contributed by atoms with Crippen LogP contribution in [0.25, 0.3) is 0 Å². The van der Waals surface area contributed by atoms with Crippen LogP contribution in [0.1, 0.15) is 24.0 Å². The largest absolute Gasteiger partial charge is 0.476 e. The van der Waals surface area contributed by atoms with Gasteiger partial charge in [0.05, 0.1) is 6.61 Å². The van der Waals surface area contributed by atoms with E-state index in [1.165, 1.54) is 24.0 Å². The van der Waals surface area contributed by atoms with Crippen LogP contribution in [0.4, 0.5) is 5.69 Å². The Labute approximate surface area is 89.9 Å². The molecule has 0 bridgehead atoms. The monoisotopic (exact) mass is 204 g/mol. The number of pyridine rings is 1. The van der Waals surface area contributed by atoms with Crippen molar-refractivity contribution < 1.29 is 4.74 Å². The molecule has 2 aliphatic rings. The minimum absolute atomic E-state index is 0.404. The molecule has 1 aliphatic heterocycles. The average Bonchev–Trinajstić information content (AvgIpc) is 3.02. The summed E-state index contributed by atoms with van der Waals surface area (Å²) in [6, 6.07) is 0. The summed E-state index contributed by atoms with van der Waals surface area (Å²) in [5.41, 5.74) is 3.98. The summed E-state index contributed by atoms with van der Waals surface area (Å²) in [5, 5.41) is 3.50. The molecule has 1 aliphatic carbocycles. The minimum atomic E-state index is 0.404. The zero-order valence-electron chi connectivity index (χ0n) is 9.26. The lowest BCUT2D eigenvalue weighted by Crippen LogP contribution is -2.19. The summed E-state index contributed by atoms with van der Waals surface area (Å²) in [4.78, 5) is 4.35. The summed E-state index contributed by atoms with van der Waals surface area (Å²) in [7, 11) is 0. The molecule has 3 nitrogen and oxygen atoms in total. The van der Waals surface area contributed by atoms with E-state index in [1.54, 1.807) is 0 Å². The smallest absolute Gasteiger partial charge is 0.237 e. The second kappa shape index (κ2) is 2.87. The van der Waals surface area contributed by atoms with Gasteiger partial charge in [0.25, 0.3) is 0 Å². The van der Waals surface area contributed by atoms with Gasteiger partial charge in [0, 0.05) is 18.2 Å². The Kier molecular flexibility index (Phi) is 1.73. The number of anilines is 1. The van der Waals surface area contributed by atoms with Crippen LogP contribution in [0, 0.1) is 19.3 Å². The molecular formula is C12H16N2O. The molecule has 1 fully saturated rings. The minimum Gasteiger partial charge on any atom is -0.476 e. The maximum Gasteiger partial charge on any atom is 0.237 e. The number of aromatic nitrogens is 1. The lowest BCUT2D eigenvalue weighted by atomic mass is 10.1. The first-order valence-electron chi connectivity index (χ1n) is 5.53. The van der Waals surface area contributed by atoms with Gasteiger partial charge in [-0.1, -0.05) is 0 Å². The van der Waals surface area contributed by atoms with Crippen LogP contribution < -0.4 is 10.1 Å². The van der Waals surface area contributed by atoms with E-state index in [1.807, 2.05) is 6.20 Å². The Balaban J connectivity index is 1.99. The second-order valence-corrected chi connectivity index (χ2v) is 4.89. The summed E-state index contributed by atoms with van der Waals surface area (Å²) in [6.45, 7) is 6.06. The summed E-state index contributed by atoms with van der Waals surface area (Å²) in [6.07, 6.45) is 4.46. The summed E-state index contributed by atoms with van der Waals surface area (Å²) >= 11 is 0. The molecule has 0 amide bonds. The molecule has 0 radical (unpaired) electrons. The number of hydrogen-bond donors (Lipinski definition) is 1. The second-order valence-electron chi connectivity index (χ2n) is 4.89. The molecule has 80 valence electrons. The highest BCUT2D eigenvalue weighted by Crippen LogP contribution is 2.48. The predicted molar refractivity (Wildman–Crippen MR) is 59.4 cm³/mol. The van der Waals surface area contributed by atoms with Crippen molar-refractivity contribution in [1.82, 2.24) is 4.98 Å². The Morgan fingerprint density at radius 3 is 2.93 bits per heavy atom. The molecular weight excluding hydrogens is 188 g/mol. The van der Waals surface area contributed by atoms with Gasteiger partial charge in [0.2, 0.25) is 5.88 Å². The van der Waals surface area contributed by atoms with Crippen molar-refractivity contribution in [3.8, 4) is 5.88 Å². The highest BCUT2D eigenvalue weighted by molar-refractivity contribution is 5.61. The van der Waals surface area contributed by atoms with Crippen molar-refractivity contribution in [1.29, 1.82) is 0 Å². The van der Waals surface area contributed by atoms with Gasteiger partial charge in [-0.25, -0.2) is 4.98 Å². The van der Waals surface area contributed by atoms with Crippen molar-refractivity contribution in [2.24, 2.45) is 5.41 Å². The topological polar surface area (TPSA) is 34.2 Å². The maximum atomic E-state index is 5.79. The van der Waals surface area contributed by atoms with Gasteiger partial charge in [-0.3, -0.25) is 0 Å². The fourth-order valence-corrected chi connectivity index (χ4v) is 2.04. The van der Waals surface area contributed by atoms with E-state index >= 15 is 0 Å². The first kappa shape index (κ1) is 9.01. The number of ether oxygens (including phenoxy) is 1. The van der Waals surface area contributed by atoms with Crippen LogP contribution in [0.15, 0.2) is 6.20 Å². The van der Waals surface area contributed by atoms with Gasteiger partial charge >= 0.3 is 0 Å². The number of rotatable bonds is 0. The number of fused-ring (bicyclic) bond motifs is 1. The quantitative estimate of drug-likeness (QED) is 0.704. The number of aryl methyl sites for hydroxylation is 1. The molecule has 0 aromatic carbocycles. The van der Waals surface area contributed by atoms with E-state index in [-0.39, 0.29) is 0 Å². The van der Waals surface area contributed by atoms with Crippen molar-refractivity contribution in [2.75, 3.05) is 18.5 Å². The molecule has 1 aromatic heterocycles. The molecule has 1 N–H and O–H groups in total. The van der Waals surface area contributed by atoms with E-state index in [0.29, 0.717) is 5.41 Å². The highest BCUT2D eigenvalue weighted by atomic mass is 16.5. The van der Waals surface area contributed by atoms with Crippen molar-refractivity contribution in [3.05, 3.63) is 17.3 Å². The highest BCUT2D eigenvalue weighted by Gasteiger charge is 2.45. The lowest BCUT2D eigenvalue weighted by Gasteiger charge is -2.11.